The fraction of sp³-hybridized carbons (Fsp3) is 0.500. The molecule has 96 valence electrons. The van der Waals surface area contributed by atoms with Crippen molar-refractivity contribution in [3.05, 3.63) is 28.5 Å². The van der Waals surface area contributed by atoms with Crippen molar-refractivity contribution in [3.8, 4) is 0 Å². The van der Waals surface area contributed by atoms with Crippen LogP contribution in [-0.2, 0) is 6.42 Å². The summed E-state index contributed by atoms with van der Waals surface area (Å²) in [7, 11) is 0. The molecule has 2 nitrogen and oxygen atoms in total. The van der Waals surface area contributed by atoms with Crippen LogP contribution in [0.3, 0.4) is 0 Å². The number of halogens is 2. The number of alkyl halides is 1. The molecule has 1 aliphatic carbocycles. The van der Waals surface area contributed by atoms with Crippen molar-refractivity contribution < 1.29 is 0 Å². The maximum absolute atomic E-state index is 5.90. The number of hydrogen-bond acceptors (Lipinski definition) is 1. The lowest BCUT2D eigenvalue weighted by Gasteiger charge is -2.35. The number of hydrogen-bond donors (Lipinski definition) is 0. The molecule has 0 N–H and O–H groups in total. The van der Waals surface area contributed by atoms with Gasteiger partial charge in [-0.05, 0) is 37.0 Å². The third kappa shape index (κ3) is 2.08. The van der Waals surface area contributed by atoms with Crippen LogP contribution in [0.15, 0.2) is 22.7 Å². The maximum Gasteiger partial charge on any atom is 0.111 e. The Morgan fingerprint density at radius 1 is 1.44 bits per heavy atom. The second-order valence-electron chi connectivity index (χ2n) is 5.20. The third-order valence-electron chi connectivity index (χ3n) is 3.76. The molecule has 0 saturated heterocycles. The molecular formula is C14H16BrClN2. The van der Waals surface area contributed by atoms with Crippen molar-refractivity contribution in [1.82, 2.24) is 9.55 Å². The molecule has 3 rings (SSSR count). The summed E-state index contributed by atoms with van der Waals surface area (Å²) in [6.07, 6.45) is 3.36. The first-order chi connectivity index (χ1) is 8.69. The summed E-state index contributed by atoms with van der Waals surface area (Å²) >= 11 is 9.45. The summed E-state index contributed by atoms with van der Waals surface area (Å²) in [6.45, 7) is 2.31. The molecule has 4 heteroatoms. The van der Waals surface area contributed by atoms with E-state index in [2.05, 4.69) is 39.6 Å². The molecule has 0 radical (unpaired) electrons. The Hall–Kier alpha value is -0.540. The van der Waals surface area contributed by atoms with Crippen LogP contribution in [0.4, 0.5) is 0 Å². The van der Waals surface area contributed by atoms with Crippen molar-refractivity contribution >= 4 is 38.6 Å². The lowest BCUT2D eigenvalue weighted by atomic mass is 9.81. The molecule has 0 unspecified atom stereocenters. The van der Waals surface area contributed by atoms with Gasteiger partial charge in [-0.1, -0.05) is 22.9 Å². The highest BCUT2D eigenvalue weighted by Crippen LogP contribution is 2.40. The average molecular weight is 328 g/mol. The Labute approximate surface area is 120 Å². The molecule has 1 fully saturated rings. The van der Waals surface area contributed by atoms with E-state index in [1.165, 1.54) is 18.4 Å². The highest BCUT2D eigenvalue weighted by Gasteiger charge is 2.29. The van der Waals surface area contributed by atoms with E-state index < -0.39 is 0 Å². The number of aromatic nitrogens is 2. The number of rotatable bonds is 3. The van der Waals surface area contributed by atoms with Gasteiger partial charge in [0.1, 0.15) is 5.82 Å². The van der Waals surface area contributed by atoms with Crippen LogP contribution in [0.2, 0.25) is 0 Å². The summed E-state index contributed by atoms with van der Waals surface area (Å²) < 4.78 is 3.52. The number of imidazole rings is 1. The molecule has 0 bridgehead atoms. The zero-order chi connectivity index (χ0) is 12.7. The molecule has 1 aliphatic rings. The monoisotopic (exact) mass is 326 g/mol. The highest BCUT2D eigenvalue weighted by atomic mass is 79.9. The number of aryl methyl sites for hydroxylation is 1. The summed E-state index contributed by atoms with van der Waals surface area (Å²) in [5.41, 5.74) is 2.32. The standard InChI is InChI=1S/C14H16BrClN2/c1-9-6-11(7-9)18-13-8-10(15)2-3-12(13)17-14(18)4-5-16/h2-3,8-9,11H,4-7H2,1H3. The van der Waals surface area contributed by atoms with Crippen LogP contribution in [0.5, 0.6) is 0 Å². The van der Waals surface area contributed by atoms with Crippen molar-refractivity contribution in [3.63, 3.8) is 0 Å². The van der Waals surface area contributed by atoms with Crippen LogP contribution in [-0.4, -0.2) is 15.4 Å². The maximum atomic E-state index is 5.90. The van der Waals surface area contributed by atoms with Crippen LogP contribution in [0.1, 0.15) is 31.6 Å². The van der Waals surface area contributed by atoms with Gasteiger partial charge in [-0.15, -0.1) is 11.6 Å². The molecular weight excluding hydrogens is 312 g/mol. The molecule has 0 atom stereocenters. The fourth-order valence-electron chi connectivity index (χ4n) is 2.86. The zero-order valence-corrected chi connectivity index (χ0v) is 12.7. The van der Waals surface area contributed by atoms with Gasteiger partial charge in [0.25, 0.3) is 0 Å². The van der Waals surface area contributed by atoms with Gasteiger partial charge in [0.15, 0.2) is 0 Å². The van der Waals surface area contributed by atoms with E-state index in [9.17, 15) is 0 Å². The van der Waals surface area contributed by atoms with Gasteiger partial charge in [-0.2, -0.15) is 0 Å². The minimum absolute atomic E-state index is 0.609. The van der Waals surface area contributed by atoms with E-state index in [4.69, 9.17) is 16.6 Å². The molecule has 2 aromatic rings. The molecule has 0 aliphatic heterocycles. The van der Waals surface area contributed by atoms with Crippen LogP contribution in [0, 0.1) is 5.92 Å². The summed E-state index contributed by atoms with van der Waals surface area (Å²) in [5.74, 6) is 2.60. The average Bonchev–Trinajstić information content (AvgIpc) is 2.63. The Balaban J connectivity index is 2.11. The van der Waals surface area contributed by atoms with Gasteiger partial charge < -0.3 is 4.57 Å². The van der Waals surface area contributed by atoms with E-state index in [0.29, 0.717) is 11.9 Å². The fourth-order valence-corrected chi connectivity index (χ4v) is 3.37. The third-order valence-corrected chi connectivity index (χ3v) is 4.44. The second-order valence-corrected chi connectivity index (χ2v) is 6.49. The second kappa shape index (κ2) is 4.86. The first kappa shape index (κ1) is 12.5. The van der Waals surface area contributed by atoms with Crippen molar-refractivity contribution in [2.75, 3.05) is 5.88 Å². The van der Waals surface area contributed by atoms with Gasteiger partial charge in [0, 0.05) is 22.8 Å². The molecule has 1 saturated carbocycles. The molecule has 0 amide bonds. The number of nitrogens with zero attached hydrogens (tertiary/aromatic N) is 2. The van der Waals surface area contributed by atoms with E-state index >= 15 is 0 Å². The Bertz CT molecular complexity index is 572. The van der Waals surface area contributed by atoms with Crippen LogP contribution >= 0.6 is 27.5 Å². The number of benzene rings is 1. The van der Waals surface area contributed by atoms with Crippen molar-refractivity contribution in [2.24, 2.45) is 5.92 Å². The predicted molar refractivity (Wildman–Crippen MR) is 79.3 cm³/mol. The predicted octanol–water partition coefficient (Wildman–Crippen LogP) is 4.55. The quantitative estimate of drug-likeness (QED) is 0.756. The molecule has 1 heterocycles. The lowest BCUT2D eigenvalue weighted by molar-refractivity contribution is 0.217. The van der Waals surface area contributed by atoms with Gasteiger partial charge in [0.05, 0.1) is 11.0 Å². The van der Waals surface area contributed by atoms with E-state index in [1.807, 2.05) is 6.07 Å². The van der Waals surface area contributed by atoms with E-state index in [1.54, 1.807) is 0 Å². The molecule has 1 aromatic carbocycles. The summed E-state index contributed by atoms with van der Waals surface area (Å²) in [4.78, 5) is 4.73. The summed E-state index contributed by atoms with van der Waals surface area (Å²) in [5, 5.41) is 0. The molecule has 1 aromatic heterocycles. The minimum atomic E-state index is 0.609. The van der Waals surface area contributed by atoms with Crippen LogP contribution in [0.25, 0.3) is 11.0 Å². The van der Waals surface area contributed by atoms with Gasteiger partial charge >= 0.3 is 0 Å². The zero-order valence-electron chi connectivity index (χ0n) is 10.4. The van der Waals surface area contributed by atoms with Crippen molar-refractivity contribution in [1.29, 1.82) is 0 Å². The first-order valence-electron chi connectivity index (χ1n) is 6.41. The lowest BCUT2D eigenvalue weighted by Crippen LogP contribution is -2.26. The first-order valence-corrected chi connectivity index (χ1v) is 7.74. The Morgan fingerprint density at radius 3 is 2.89 bits per heavy atom. The topological polar surface area (TPSA) is 17.8 Å². The molecule has 0 spiro atoms. The number of fused-ring (bicyclic) bond motifs is 1. The largest absolute Gasteiger partial charge is 0.325 e. The van der Waals surface area contributed by atoms with Crippen molar-refractivity contribution in [2.45, 2.75) is 32.2 Å². The van der Waals surface area contributed by atoms with E-state index in [0.717, 1.165) is 28.2 Å². The Morgan fingerprint density at radius 2 is 2.22 bits per heavy atom. The van der Waals surface area contributed by atoms with Gasteiger partial charge in [-0.25, -0.2) is 4.98 Å². The Kier molecular flexibility index (Phi) is 3.37. The SMILES string of the molecule is CC1CC(n2c(CCCl)nc3ccc(Br)cc32)C1. The smallest absolute Gasteiger partial charge is 0.111 e. The summed E-state index contributed by atoms with van der Waals surface area (Å²) in [6, 6.07) is 6.91. The van der Waals surface area contributed by atoms with Crippen LogP contribution < -0.4 is 0 Å². The normalized spacial score (nSPS) is 23.3. The van der Waals surface area contributed by atoms with Gasteiger partial charge in [0.2, 0.25) is 0 Å². The molecule has 18 heavy (non-hydrogen) atoms. The minimum Gasteiger partial charge on any atom is -0.325 e. The van der Waals surface area contributed by atoms with Gasteiger partial charge in [-0.3, -0.25) is 0 Å². The van der Waals surface area contributed by atoms with E-state index in [-0.39, 0.29) is 0 Å². The highest BCUT2D eigenvalue weighted by molar-refractivity contribution is 9.10.